The maximum Gasteiger partial charge on any atom is 0.265 e. The number of amides is 2. The van der Waals surface area contributed by atoms with Gasteiger partial charge in [-0.15, -0.1) is 0 Å². The first-order chi connectivity index (χ1) is 9.32. The summed E-state index contributed by atoms with van der Waals surface area (Å²) in [6.45, 7) is 4.13. The van der Waals surface area contributed by atoms with E-state index >= 15 is 0 Å². The average molecular weight is 291 g/mol. The molecule has 1 fully saturated rings. The zero-order valence-corrected chi connectivity index (χ0v) is 12.8. The SMILES string of the molecule is CC(C)n1ccc(C=C2C(=O)N(C)C(=S)N(C)C2=O)c1. The number of likely N-dealkylation sites (N-methyl/N-ethyl adjacent to an activating group) is 2. The topological polar surface area (TPSA) is 45.6 Å². The predicted molar refractivity (Wildman–Crippen MR) is 80.9 cm³/mol. The van der Waals surface area contributed by atoms with Crippen molar-refractivity contribution in [1.29, 1.82) is 0 Å². The Bertz CT molecular complexity index is 590. The summed E-state index contributed by atoms with van der Waals surface area (Å²) < 4.78 is 2.02. The van der Waals surface area contributed by atoms with Crippen molar-refractivity contribution in [2.75, 3.05) is 14.1 Å². The number of aromatic nitrogens is 1. The molecule has 0 spiro atoms. The Morgan fingerprint density at radius 3 is 2.15 bits per heavy atom. The molecule has 0 saturated carbocycles. The molecule has 0 aliphatic carbocycles. The number of hydrogen-bond acceptors (Lipinski definition) is 3. The van der Waals surface area contributed by atoms with Crippen LogP contribution in [0, 0.1) is 0 Å². The summed E-state index contributed by atoms with van der Waals surface area (Å²) in [5.41, 5.74) is 0.954. The highest BCUT2D eigenvalue weighted by Gasteiger charge is 2.35. The third kappa shape index (κ3) is 2.38. The van der Waals surface area contributed by atoms with Gasteiger partial charge in [0.15, 0.2) is 5.11 Å². The minimum atomic E-state index is -0.365. The monoisotopic (exact) mass is 291 g/mol. The summed E-state index contributed by atoms with van der Waals surface area (Å²) in [5, 5.41) is 0.219. The van der Waals surface area contributed by atoms with Crippen LogP contribution in [0.5, 0.6) is 0 Å². The van der Waals surface area contributed by atoms with E-state index in [1.165, 1.54) is 9.80 Å². The molecule has 0 radical (unpaired) electrons. The van der Waals surface area contributed by atoms with Crippen molar-refractivity contribution in [3.8, 4) is 0 Å². The Balaban J connectivity index is 2.38. The molecule has 1 aromatic rings. The lowest BCUT2D eigenvalue weighted by molar-refractivity contribution is -0.132. The zero-order valence-electron chi connectivity index (χ0n) is 12.0. The number of carbonyl (C=O) groups excluding carboxylic acids is 2. The molecule has 0 bridgehead atoms. The maximum absolute atomic E-state index is 12.2. The normalized spacial score (nSPS) is 16.4. The van der Waals surface area contributed by atoms with Gasteiger partial charge in [-0.05, 0) is 43.8 Å². The maximum atomic E-state index is 12.2. The average Bonchev–Trinajstić information content (AvgIpc) is 2.88. The molecule has 0 aromatic carbocycles. The lowest BCUT2D eigenvalue weighted by Crippen LogP contribution is -2.52. The minimum absolute atomic E-state index is 0.130. The standard InChI is InChI=1S/C14H17N3O2S/c1-9(2)17-6-5-10(8-17)7-11-12(18)15(3)14(20)16(4)13(11)19/h5-9H,1-4H3. The van der Waals surface area contributed by atoms with E-state index in [4.69, 9.17) is 12.2 Å². The molecule has 2 amide bonds. The van der Waals surface area contributed by atoms with Crippen LogP contribution >= 0.6 is 12.2 Å². The van der Waals surface area contributed by atoms with E-state index in [1.807, 2.05) is 23.0 Å². The van der Waals surface area contributed by atoms with Crippen LogP contribution in [0.1, 0.15) is 25.5 Å². The fourth-order valence-electron chi connectivity index (χ4n) is 1.98. The van der Waals surface area contributed by atoms with Gasteiger partial charge in [-0.1, -0.05) is 0 Å². The Morgan fingerprint density at radius 2 is 1.70 bits per heavy atom. The summed E-state index contributed by atoms with van der Waals surface area (Å²) in [7, 11) is 3.14. The molecule has 1 aliphatic rings. The number of hydrogen-bond donors (Lipinski definition) is 0. The smallest absolute Gasteiger partial charge is 0.265 e. The van der Waals surface area contributed by atoms with Gasteiger partial charge < -0.3 is 4.57 Å². The molecule has 2 rings (SSSR count). The molecule has 1 aromatic heterocycles. The van der Waals surface area contributed by atoms with Gasteiger partial charge in [0.25, 0.3) is 11.8 Å². The highest BCUT2D eigenvalue weighted by Crippen LogP contribution is 2.19. The molecule has 0 unspecified atom stereocenters. The molecular weight excluding hydrogens is 274 g/mol. The van der Waals surface area contributed by atoms with Gasteiger partial charge >= 0.3 is 0 Å². The molecule has 5 nitrogen and oxygen atoms in total. The Labute approximate surface area is 123 Å². The number of nitrogens with zero attached hydrogens (tertiary/aromatic N) is 3. The second-order valence-electron chi connectivity index (χ2n) is 5.05. The van der Waals surface area contributed by atoms with Gasteiger partial charge in [0.05, 0.1) is 0 Å². The second-order valence-corrected chi connectivity index (χ2v) is 5.42. The van der Waals surface area contributed by atoms with Crippen molar-refractivity contribution in [3.05, 3.63) is 29.6 Å². The quantitative estimate of drug-likeness (QED) is 0.473. The molecule has 1 aliphatic heterocycles. The van der Waals surface area contributed by atoms with Crippen LogP contribution in [0.3, 0.4) is 0 Å². The van der Waals surface area contributed by atoms with Gasteiger partial charge in [-0.2, -0.15) is 0 Å². The van der Waals surface area contributed by atoms with Crippen molar-refractivity contribution in [3.63, 3.8) is 0 Å². The van der Waals surface area contributed by atoms with Gasteiger partial charge in [0, 0.05) is 32.5 Å². The molecule has 2 heterocycles. The first-order valence-electron chi connectivity index (χ1n) is 6.32. The van der Waals surface area contributed by atoms with Crippen LogP contribution in [0.25, 0.3) is 6.08 Å². The van der Waals surface area contributed by atoms with E-state index in [0.717, 1.165) is 5.56 Å². The molecule has 20 heavy (non-hydrogen) atoms. The first kappa shape index (κ1) is 14.5. The summed E-state index contributed by atoms with van der Waals surface area (Å²) in [4.78, 5) is 26.9. The molecule has 6 heteroatoms. The van der Waals surface area contributed by atoms with Crippen LogP contribution < -0.4 is 0 Å². The second kappa shape index (κ2) is 5.20. The van der Waals surface area contributed by atoms with Crippen LogP contribution in [0.2, 0.25) is 0 Å². The van der Waals surface area contributed by atoms with Crippen molar-refractivity contribution in [2.45, 2.75) is 19.9 Å². The van der Waals surface area contributed by atoms with E-state index in [9.17, 15) is 9.59 Å². The van der Waals surface area contributed by atoms with Crippen LogP contribution in [-0.4, -0.2) is 45.4 Å². The van der Waals surface area contributed by atoms with Crippen LogP contribution in [0.15, 0.2) is 24.0 Å². The molecular formula is C14H17N3O2S. The molecule has 0 atom stereocenters. The minimum Gasteiger partial charge on any atom is -0.351 e. The van der Waals surface area contributed by atoms with Crippen molar-refractivity contribution in [1.82, 2.24) is 14.4 Å². The van der Waals surface area contributed by atoms with E-state index in [1.54, 1.807) is 20.2 Å². The van der Waals surface area contributed by atoms with Crippen molar-refractivity contribution >= 4 is 35.2 Å². The first-order valence-corrected chi connectivity index (χ1v) is 6.73. The predicted octanol–water partition coefficient (Wildman–Crippen LogP) is 1.67. The van der Waals surface area contributed by atoms with Crippen LogP contribution in [0.4, 0.5) is 0 Å². The highest BCUT2D eigenvalue weighted by molar-refractivity contribution is 7.80. The lowest BCUT2D eigenvalue weighted by atomic mass is 10.1. The lowest BCUT2D eigenvalue weighted by Gasteiger charge is -2.31. The highest BCUT2D eigenvalue weighted by atomic mass is 32.1. The van der Waals surface area contributed by atoms with Crippen molar-refractivity contribution < 1.29 is 9.59 Å². The van der Waals surface area contributed by atoms with E-state index in [-0.39, 0.29) is 22.5 Å². The zero-order chi connectivity index (χ0) is 15.0. The van der Waals surface area contributed by atoms with Gasteiger partial charge in [0.2, 0.25) is 0 Å². The molecule has 106 valence electrons. The van der Waals surface area contributed by atoms with E-state index in [0.29, 0.717) is 6.04 Å². The third-order valence-electron chi connectivity index (χ3n) is 3.29. The van der Waals surface area contributed by atoms with Gasteiger partial charge in [0.1, 0.15) is 5.57 Å². The Kier molecular flexibility index (Phi) is 3.76. The van der Waals surface area contributed by atoms with Crippen molar-refractivity contribution in [2.24, 2.45) is 0 Å². The fraction of sp³-hybridized carbons (Fsp3) is 0.357. The number of rotatable bonds is 2. The largest absolute Gasteiger partial charge is 0.351 e. The number of thiocarbonyl (C=S) groups is 1. The van der Waals surface area contributed by atoms with Gasteiger partial charge in [-0.3, -0.25) is 19.4 Å². The Hall–Kier alpha value is -1.95. The van der Waals surface area contributed by atoms with E-state index in [2.05, 4.69) is 13.8 Å². The van der Waals surface area contributed by atoms with Crippen LogP contribution in [-0.2, 0) is 9.59 Å². The number of carbonyl (C=O) groups is 2. The fourth-order valence-corrected chi connectivity index (χ4v) is 2.14. The molecule has 1 saturated heterocycles. The third-order valence-corrected chi connectivity index (χ3v) is 3.84. The Morgan fingerprint density at radius 1 is 1.15 bits per heavy atom. The molecule has 0 N–H and O–H groups in total. The summed E-state index contributed by atoms with van der Waals surface area (Å²) >= 11 is 5.04. The summed E-state index contributed by atoms with van der Waals surface area (Å²) in [5.74, 6) is -0.731. The summed E-state index contributed by atoms with van der Waals surface area (Å²) in [6, 6.07) is 2.21. The van der Waals surface area contributed by atoms with E-state index < -0.39 is 0 Å². The van der Waals surface area contributed by atoms with Gasteiger partial charge in [-0.25, -0.2) is 0 Å². The summed E-state index contributed by atoms with van der Waals surface area (Å²) in [6.07, 6.45) is 5.44.